The van der Waals surface area contributed by atoms with Crippen LogP contribution in [0.4, 0.5) is 4.39 Å². The molecule has 0 saturated heterocycles. The highest BCUT2D eigenvalue weighted by molar-refractivity contribution is 6.31. The standard InChI is InChI=1S/C14H17Cl2FN2/c1-8(2)4-9(3)19-13-5-10(16)11(17)6-12(13)18-14(19)7-15/h5-6,8-9H,4,7H2,1-3H3. The predicted octanol–water partition coefficient (Wildman–Crippen LogP) is 5.17. The summed E-state index contributed by atoms with van der Waals surface area (Å²) in [5.74, 6) is 1.17. The molecular formula is C14H17Cl2FN2. The van der Waals surface area contributed by atoms with Crippen molar-refractivity contribution < 1.29 is 4.39 Å². The number of imidazole rings is 1. The molecule has 19 heavy (non-hydrogen) atoms. The quantitative estimate of drug-likeness (QED) is 0.712. The second-order valence-corrected chi connectivity index (χ2v) is 5.94. The van der Waals surface area contributed by atoms with Crippen LogP contribution in [0.3, 0.4) is 0 Å². The molecule has 0 aliphatic heterocycles. The van der Waals surface area contributed by atoms with Crippen molar-refractivity contribution in [3.63, 3.8) is 0 Å². The molecule has 0 radical (unpaired) electrons. The van der Waals surface area contributed by atoms with Crippen molar-refractivity contribution in [2.75, 3.05) is 0 Å². The fourth-order valence-electron chi connectivity index (χ4n) is 2.51. The van der Waals surface area contributed by atoms with E-state index in [4.69, 9.17) is 23.2 Å². The number of alkyl halides is 1. The van der Waals surface area contributed by atoms with Crippen molar-refractivity contribution in [1.82, 2.24) is 9.55 Å². The lowest BCUT2D eigenvalue weighted by molar-refractivity contribution is 0.428. The molecule has 104 valence electrons. The van der Waals surface area contributed by atoms with Gasteiger partial charge in [0, 0.05) is 12.1 Å². The zero-order valence-corrected chi connectivity index (χ0v) is 12.8. The molecule has 1 atom stereocenters. The summed E-state index contributed by atoms with van der Waals surface area (Å²) in [6, 6.07) is 3.25. The monoisotopic (exact) mass is 302 g/mol. The molecule has 1 unspecified atom stereocenters. The van der Waals surface area contributed by atoms with Crippen LogP contribution < -0.4 is 0 Å². The third-order valence-corrected chi connectivity index (χ3v) is 3.71. The third-order valence-electron chi connectivity index (χ3n) is 3.18. The Balaban J connectivity index is 2.59. The van der Waals surface area contributed by atoms with E-state index in [1.54, 1.807) is 6.07 Å². The molecule has 1 aromatic heterocycles. The average molecular weight is 303 g/mol. The van der Waals surface area contributed by atoms with Crippen LogP contribution in [0.15, 0.2) is 12.1 Å². The minimum absolute atomic E-state index is 0.117. The first kappa shape index (κ1) is 14.6. The van der Waals surface area contributed by atoms with Gasteiger partial charge in [-0.2, -0.15) is 0 Å². The topological polar surface area (TPSA) is 17.8 Å². The Bertz CT molecular complexity index is 593. The molecule has 0 amide bonds. The molecule has 0 fully saturated rings. The van der Waals surface area contributed by atoms with Gasteiger partial charge in [0.15, 0.2) is 0 Å². The van der Waals surface area contributed by atoms with Gasteiger partial charge in [-0.15, -0.1) is 11.6 Å². The molecular weight excluding hydrogens is 286 g/mol. The summed E-state index contributed by atoms with van der Waals surface area (Å²) >= 11 is 11.8. The largest absolute Gasteiger partial charge is 0.324 e. The maximum absolute atomic E-state index is 13.5. The van der Waals surface area contributed by atoms with Gasteiger partial charge in [0.1, 0.15) is 11.6 Å². The number of nitrogens with zero attached hydrogens (tertiary/aromatic N) is 2. The van der Waals surface area contributed by atoms with Crippen LogP contribution in [-0.4, -0.2) is 9.55 Å². The van der Waals surface area contributed by atoms with Crippen LogP contribution in [0.1, 0.15) is 39.1 Å². The van der Waals surface area contributed by atoms with E-state index < -0.39 is 5.82 Å². The normalized spacial score (nSPS) is 13.4. The number of benzene rings is 1. The van der Waals surface area contributed by atoms with E-state index in [-0.39, 0.29) is 11.1 Å². The number of hydrogen-bond donors (Lipinski definition) is 0. The zero-order chi connectivity index (χ0) is 14.2. The molecule has 0 saturated carbocycles. The van der Waals surface area contributed by atoms with Crippen LogP contribution in [0.2, 0.25) is 5.02 Å². The first-order chi connectivity index (χ1) is 8.93. The summed E-state index contributed by atoms with van der Waals surface area (Å²) in [7, 11) is 0. The van der Waals surface area contributed by atoms with Gasteiger partial charge in [-0.1, -0.05) is 25.4 Å². The molecule has 0 aliphatic rings. The van der Waals surface area contributed by atoms with Crippen molar-refractivity contribution in [2.24, 2.45) is 5.92 Å². The van der Waals surface area contributed by atoms with Crippen LogP contribution in [0.5, 0.6) is 0 Å². The Labute approximate surface area is 122 Å². The fourth-order valence-corrected chi connectivity index (χ4v) is 2.86. The molecule has 1 heterocycles. The second-order valence-electron chi connectivity index (χ2n) is 5.27. The van der Waals surface area contributed by atoms with Crippen molar-refractivity contribution in [3.8, 4) is 0 Å². The SMILES string of the molecule is CC(C)CC(C)n1c(CCl)nc2cc(F)c(Cl)cc21. The first-order valence-corrected chi connectivity index (χ1v) is 7.27. The first-order valence-electron chi connectivity index (χ1n) is 6.35. The fraction of sp³-hybridized carbons (Fsp3) is 0.500. The molecule has 5 heteroatoms. The van der Waals surface area contributed by atoms with E-state index in [2.05, 4.69) is 30.3 Å². The summed E-state index contributed by atoms with van der Waals surface area (Å²) in [6.07, 6.45) is 1.00. The van der Waals surface area contributed by atoms with Crippen LogP contribution in [-0.2, 0) is 5.88 Å². The Morgan fingerprint density at radius 1 is 1.32 bits per heavy atom. The Morgan fingerprint density at radius 2 is 2.00 bits per heavy atom. The zero-order valence-electron chi connectivity index (χ0n) is 11.3. The van der Waals surface area contributed by atoms with Crippen molar-refractivity contribution >= 4 is 34.2 Å². The van der Waals surface area contributed by atoms with E-state index in [9.17, 15) is 4.39 Å². The number of fused-ring (bicyclic) bond motifs is 1. The minimum Gasteiger partial charge on any atom is -0.324 e. The van der Waals surface area contributed by atoms with Gasteiger partial charge in [0.25, 0.3) is 0 Å². The molecule has 2 nitrogen and oxygen atoms in total. The lowest BCUT2D eigenvalue weighted by Crippen LogP contribution is -2.10. The maximum Gasteiger partial charge on any atom is 0.144 e. The predicted molar refractivity (Wildman–Crippen MR) is 78.4 cm³/mol. The number of halogens is 3. The average Bonchev–Trinajstić information content (AvgIpc) is 2.66. The summed E-state index contributed by atoms with van der Waals surface area (Å²) in [4.78, 5) is 4.39. The highest BCUT2D eigenvalue weighted by Crippen LogP contribution is 2.29. The Kier molecular flexibility index (Phi) is 4.36. The summed E-state index contributed by atoms with van der Waals surface area (Å²) < 4.78 is 15.6. The van der Waals surface area contributed by atoms with Gasteiger partial charge in [0.2, 0.25) is 0 Å². The van der Waals surface area contributed by atoms with Gasteiger partial charge in [-0.05, 0) is 25.3 Å². The highest BCUT2D eigenvalue weighted by Gasteiger charge is 2.18. The molecule has 0 aliphatic carbocycles. The lowest BCUT2D eigenvalue weighted by Gasteiger charge is -2.19. The lowest BCUT2D eigenvalue weighted by atomic mass is 10.0. The summed E-state index contributed by atoms with van der Waals surface area (Å²) in [5, 5.41) is 0.117. The number of aromatic nitrogens is 2. The van der Waals surface area contributed by atoms with Crippen molar-refractivity contribution in [2.45, 2.75) is 39.1 Å². The van der Waals surface area contributed by atoms with Crippen LogP contribution in [0.25, 0.3) is 11.0 Å². The maximum atomic E-state index is 13.5. The van der Waals surface area contributed by atoms with Gasteiger partial charge >= 0.3 is 0 Å². The summed E-state index contributed by atoms with van der Waals surface area (Å²) in [6.45, 7) is 6.46. The smallest absolute Gasteiger partial charge is 0.144 e. The number of hydrogen-bond acceptors (Lipinski definition) is 1. The van der Waals surface area contributed by atoms with E-state index in [1.165, 1.54) is 6.07 Å². The van der Waals surface area contributed by atoms with E-state index in [1.807, 2.05) is 0 Å². The van der Waals surface area contributed by atoms with Gasteiger partial charge in [0.05, 0.1) is 21.9 Å². The highest BCUT2D eigenvalue weighted by atomic mass is 35.5. The number of rotatable bonds is 4. The van der Waals surface area contributed by atoms with E-state index in [0.717, 1.165) is 17.8 Å². The van der Waals surface area contributed by atoms with Gasteiger partial charge in [-0.25, -0.2) is 9.37 Å². The molecule has 2 aromatic rings. The van der Waals surface area contributed by atoms with Crippen LogP contribution in [0, 0.1) is 11.7 Å². The van der Waals surface area contributed by atoms with E-state index >= 15 is 0 Å². The van der Waals surface area contributed by atoms with Crippen molar-refractivity contribution in [3.05, 3.63) is 28.8 Å². The molecule has 0 bridgehead atoms. The Morgan fingerprint density at radius 3 is 2.58 bits per heavy atom. The minimum atomic E-state index is -0.448. The molecule has 0 N–H and O–H groups in total. The molecule has 2 rings (SSSR count). The van der Waals surface area contributed by atoms with Crippen molar-refractivity contribution in [1.29, 1.82) is 0 Å². The van der Waals surface area contributed by atoms with Gasteiger partial charge < -0.3 is 4.57 Å². The van der Waals surface area contributed by atoms with Gasteiger partial charge in [-0.3, -0.25) is 0 Å². The van der Waals surface area contributed by atoms with Crippen LogP contribution >= 0.6 is 23.2 Å². The molecule has 1 aromatic carbocycles. The molecule has 0 spiro atoms. The summed E-state index contributed by atoms with van der Waals surface area (Å²) in [5.41, 5.74) is 1.45. The third kappa shape index (κ3) is 2.87. The second kappa shape index (κ2) is 5.68. The Hall–Kier alpha value is -0.800. The van der Waals surface area contributed by atoms with E-state index in [0.29, 0.717) is 17.3 Å².